The van der Waals surface area contributed by atoms with Gasteiger partial charge in [0.1, 0.15) is 5.69 Å². The van der Waals surface area contributed by atoms with Crippen molar-refractivity contribution in [1.82, 2.24) is 14.7 Å². The van der Waals surface area contributed by atoms with Crippen LogP contribution in [0.5, 0.6) is 0 Å². The Balaban J connectivity index is 1.60. The van der Waals surface area contributed by atoms with Crippen molar-refractivity contribution in [2.75, 3.05) is 0 Å². The van der Waals surface area contributed by atoms with Crippen molar-refractivity contribution in [1.29, 1.82) is 0 Å². The van der Waals surface area contributed by atoms with Gasteiger partial charge in [0.15, 0.2) is 4.96 Å². The number of imidazole rings is 1. The zero-order valence-corrected chi connectivity index (χ0v) is 14.6. The molecule has 0 bridgehead atoms. The van der Waals surface area contributed by atoms with E-state index in [0.717, 1.165) is 22.6 Å². The maximum atomic E-state index is 12.7. The van der Waals surface area contributed by atoms with Gasteiger partial charge in [-0.2, -0.15) is 0 Å². The fraction of sp³-hybridized carbons (Fsp3) is 0.368. The molecule has 0 saturated heterocycles. The number of fused-ring (bicyclic) bond motifs is 1. The first-order chi connectivity index (χ1) is 11.7. The number of benzene rings is 1. The molecule has 1 fully saturated rings. The van der Waals surface area contributed by atoms with E-state index in [1.54, 1.807) is 0 Å². The molecular formula is C19H21N3OS. The quantitative estimate of drug-likeness (QED) is 0.770. The minimum atomic E-state index is 0.0111. The van der Waals surface area contributed by atoms with Crippen molar-refractivity contribution in [3.8, 4) is 11.3 Å². The van der Waals surface area contributed by atoms with Crippen LogP contribution >= 0.6 is 11.3 Å². The lowest BCUT2D eigenvalue weighted by molar-refractivity contribution is 0.0904. The third-order valence-corrected chi connectivity index (χ3v) is 5.78. The van der Waals surface area contributed by atoms with E-state index in [1.165, 1.54) is 30.6 Å². The number of nitrogens with one attached hydrogen (secondary N) is 1. The number of nitrogens with zero attached hydrogens (tertiary/aromatic N) is 2. The normalized spacial score (nSPS) is 21.0. The number of carbonyl (C=O) groups excluding carboxylic acids is 1. The fourth-order valence-electron chi connectivity index (χ4n) is 3.47. The van der Waals surface area contributed by atoms with E-state index in [1.807, 2.05) is 46.3 Å². The number of amides is 1. The van der Waals surface area contributed by atoms with Gasteiger partial charge in [-0.15, -0.1) is 11.3 Å². The molecule has 1 N–H and O–H groups in total. The number of rotatable bonds is 3. The lowest BCUT2D eigenvalue weighted by atomic mass is 9.86. The zero-order chi connectivity index (χ0) is 16.5. The minimum Gasteiger partial charge on any atom is -0.348 e. The SMILES string of the molecule is CC1CCCCC1NC(=O)c1csc2nc(-c3ccccc3)cn12. The molecule has 4 rings (SSSR count). The highest BCUT2D eigenvalue weighted by Gasteiger charge is 2.24. The fourth-order valence-corrected chi connectivity index (χ4v) is 4.32. The van der Waals surface area contributed by atoms with E-state index in [0.29, 0.717) is 17.7 Å². The van der Waals surface area contributed by atoms with E-state index in [4.69, 9.17) is 0 Å². The summed E-state index contributed by atoms with van der Waals surface area (Å²) in [6.07, 6.45) is 6.72. The number of aromatic nitrogens is 2. The van der Waals surface area contributed by atoms with Crippen LogP contribution in [0.2, 0.25) is 0 Å². The molecule has 2 aromatic heterocycles. The summed E-state index contributed by atoms with van der Waals surface area (Å²) in [6, 6.07) is 10.4. The van der Waals surface area contributed by atoms with Gasteiger partial charge in [0, 0.05) is 23.2 Å². The average Bonchev–Trinajstić information content (AvgIpc) is 3.18. The molecule has 0 aliphatic heterocycles. The molecule has 1 aliphatic rings. The predicted octanol–water partition coefficient (Wildman–Crippen LogP) is 4.37. The topological polar surface area (TPSA) is 46.4 Å². The molecule has 2 unspecified atom stereocenters. The Morgan fingerprint density at radius 3 is 2.83 bits per heavy atom. The van der Waals surface area contributed by atoms with Crippen molar-refractivity contribution >= 4 is 22.2 Å². The third kappa shape index (κ3) is 2.84. The number of hydrogen-bond donors (Lipinski definition) is 1. The molecule has 5 heteroatoms. The summed E-state index contributed by atoms with van der Waals surface area (Å²) in [6.45, 7) is 2.23. The number of carbonyl (C=O) groups is 1. The zero-order valence-electron chi connectivity index (χ0n) is 13.7. The molecule has 1 amide bonds. The maximum absolute atomic E-state index is 12.7. The number of thiazole rings is 1. The molecule has 24 heavy (non-hydrogen) atoms. The van der Waals surface area contributed by atoms with Gasteiger partial charge in [0.2, 0.25) is 0 Å². The van der Waals surface area contributed by atoms with Crippen LogP contribution in [0.4, 0.5) is 0 Å². The van der Waals surface area contributed by atoms with Crippen LogP contribution in [0, 0.1) is 5.92 Å². The summed E-state index contributed by atoms with van der Waals surface area (Å²) >= 11 is 1.51. The average molecular weight is 339 g/mol. The summed E-state index contributed by atoms with van der Waals surface area (Å²) in [4.78, 5) is 18.2. The van der Waals surface area contributed by atoms with Gasteiger partial charge in [0.05, 0.1) is 5.69 Å². The largest absolute Gasteiger partial charge is 0.348 e. The lowest BCUT2D eigenvalue weighted by Crippen LogP contribution is -2.41. The molecule has 0 spiro atoms. The van der Waals surface area contributed by atoms with Crippen LogP contribution in [0.1, 0.15) is 43.1 Å². The Labute approximate surface area is 145 Å². The molecular weight excluding hydrogens is 318 g/mol. The van der Waals surface area contributed by atoms with Crippen molar-refractivity contribution < 1.29 is 4.79 Å². The van der Waals surface area contributed by atoms with Crippen LogP contribution < -0.4 is 5.32 Å². The van der Waals surface area contributed by atoms with Gasteiger partial charge in [-0.3, -0.25) is 9.20 Å². The first kappa shape index (κ1) is 15.4. The molecule has 2 atom stereocenters. The second-order valence-electron chi connectivity index (χ2n) is 6.61. The number of hydrogen-bond acceptors (Lipinski definition) is 3. The summed E-state index contributed by atoms with van der Waals surface area (Å²) in [7, 11) is 0. The highest BCUT2D eigenvalue weighted by Crippen LogP contribution is 2.26. The van der Waals surface area contributed by atoms with E-state index in [-0.39, 0.29) is 5.91 Å². The Morgan fingerprint density at radius 1 is 1.25 bits per heavy atom. The summed E-state index contributed by atoms with van der Waals surface area (Å²) in [5.74, 6) is 0.566. The van der Waals surface area contributed by atoms with Crippen LogP contribution in [0.25, 0.3) is 16.2 Å². The molecule has 1 saturated carbocycles. The molecule has 2 heterocycles. The lowest BCUT2D eigenvalue weighted by Gasteiger charge is -2.29. The van der Waals surface area contributed by atoms with Crippen LogP contribution in [0.3, 0.4) is 0 Å². The second-order valence-corrected chi connectivity index (χ2v) is 7.44. The van der Waals surface area contributed by atoms with Gasteiger partial charge < -0.3 is 5.32 Å². The van der Waals surface area contributed by atoms with Gasteiger partial charge in [-0.05, 0) is 18.8 Å². The third-order valence-electron chi connectivity index (χ3n) is 4.94. The first-order valence-corrected chi connectivity index (χ1v) is 9.43. The molecule has 1 aromatic carbocycles. The van der Waals surface area contributed by atoms with Crippen LogP contribution in [-0.2, 0) is 0 Å². The Kier molecular flexibility index (Phi) is 4.10. The minimum absolute atomic E-state index is 0.0111. The molecule has 1 aliphatic carbocycles. The van der Waals surface area contributed by atoms with Gasteiger partial charge in [-0.25, -0.2) is 4.98 Å². The van der Waals surface area contributed by atoms with Gasteiger partial charge in [-0.1, -0.05) is 50.1 Å². The Hall–Kier alpha value is -2.14. The summed E-state index contributed by atoms with van der Waals surface area (Å²) in [5, 5.41) is 5.13. The van der Waals surface area contributed by atoms with Crippen LogP contribution in [-0.4, -0.2) is 21.3 Å². The highest BCUT2D eigenvalue weighted by molar-refractivity contribution is 7.15. The Morgan fingerprint density at radius 2 is 2.04 bits per heavy atom. The van der Waals surface area contributed by atoms with Crippen molar-refractivity contribution in [2.45, 2.75) is 38.6 Å². The van der Waals surface area contributed by atoms with E-state index < -0.39 is 0 Å². The smallest absolute Gasteiger partial charge is 0.269 e. The standard InChI is InChI=1S/C19H21N3OS/c1-13-7-5-6-10-15(13)20-18(23)17-12-24-19-21-16(11-22(17)19)14-8-3-2-4-9-14/h2-4,8-9,11-13,15H,5-7,10H2,1H3,(H,20,23). The van der Waals surface area contributed by atoms with Crippen LogP contribution in [0.15, 0.2) is 41.9 Å². The molecule has 124 valence electrons. The van der Waals surface area contributed by atoms with Gasteiger partial charge >= 0.3 is 0 Å². The monoisotopic (exact) mass is 339 g/mol. The molecule has 4 nitrogen and oxygen atoms in total. The Bertz CT molecular complexity index is 852. The second kappa shape index (κ2) is 6.40. The molecule has 0 radical (unpaired) electrons. The van der Waals surface area contributed by atoms with Crippen molar-refractivity contribution in [2.24, 2.45) is 5.92 Å². The maximum Gasteiger partial charge on any atom is 0.269 e. The first-order valence-electron chi connectivity index (χ1n) is 8.55. The highest BCUT2D eigenvalue weighted by atomic mass is 32.1. The van der Waals surface area contributed by atoms with E-state index in [9.17, 15) is 4.79 Å². The van der Waals surface area contributed by atoms with E-state index in [2.05, 4.69) is 17.2 Å². The van der Waals surface area contributed by atoms with E-state index >= 15 is 0 Å². The summed E-state index contributed by atoms with van der Waals surface area (Å²) in [5.41, 5.74) is 2.66. The van der Waals surface area contributed by atoms with Crippen molar-refractivity contribution in [3.05, 3.63) is 47.6 Å². The summed E-state index contributed by atoms with van der Waals surface area (Å²) < 4.78 is 1.91. The molecule has 3 aromatic rings. The van der Waals surface area contributed by atoms with Gasteiger partial charge in [0.25, 0.3) is 5.91 Å². The van der Waals surface area contributed by atoms with Crippen molar-refractivity contribution in [3.63, 3.8) is 0 Å². The predicted molar refractivity (Wildman–Crippen MR) is 97.4 cm³/mol.